The Morgan fingerprint density at radius 1 is 0.309 bits per heavy atom. The molecule has 2 radical (unpaired) electrons. The van der Waals surface area contributed by atoms with Gasteiger partial charge in [-0.15, -0.1) is 37.3 Å². The molecule has 0 aliphatic heterocycles. The van der Waals surface area contributed by atoms with Crippen molar-refractivity contribution in [2.75, 3.05) is 24.6 Å². The molecule has 3 aromatic heterocycles. The van der Waals surface area contributed by atoms with Crippen LogP contribution in [0.15, 0.2) is 290 Å². The largest absolute Gasteiger partial charge is 2.00 e. The van der Waals surface area contributed by atoms with Gasteiger partial charge in [0.05, 0.1) is 0 Å². The van der Waals surface area contributed by atoms with Crippen molar-refractivity contribution in [2.45, 2.75) is 69.2 Å². The van der Waals surface area contributed by atoms with E-state index in [9.17, 15) is 0 Å². The minimum atomic E-state index is -0.348. The minimum absolute atomic E-state index is 0. The van der Waals surface area contributed by atoms with Gasteiger partial charge in [0.1, 0.15) is 0 Å². The zero-order chi connectivity index (χ0) is 67.1. The van der Waals surface area contributed by atoms with Gasteiger partial charge in [0.25, 0.3) is 0 Å². The number of allylic oxidation sites excluding steroid dienone is 2. The molecule has 490 valence electrons. The fourth-order valence-corrected chi connectivity index (χ4v) is 24.9. The van der Waals surface area contributed by atoms with Crippen molar-refractivity contribution in [3.63, 3.8) is 0 Å². The molecule has 0 bridgehead atoms. The van der Waals surface area contributed by atoms with Crippen LogP contribution in [0.2, 0.25) is 0 Å². The quantitative estimate of drug-likeness (QED) is 0.0391. The zero-order valence-corrected chi connectivity index (χ0v) is 66.6. The molecule has 9 heteroatoms. The maximum absolute atomic E-state index is 7.12. The Balaban J connectivity index is 0.000000180. The fraction of sp³-hybridized carbons (Fsp3) is 0.159. The van der Waals surface area contributed by atoms with E-state index < -0.39 is 0 Å². The number of hydrogen-bond donors (Lipinski definition) is 0. The minimum Gasteiger partial charge on any atom is -0.365 e. The average molecular weight is 1560 g/mol. The number of hydrogen-bond acceptors (Lipinski definition) is 3. The first-order valence-corrected chi connectivity index (χ1v) is 40.9. The van der Waals surface area contributed by atoms with Crippen molar-refractivity contribution in [3.8, 4) is 31.3 Å². The summed E-state index contributed by atoms with van der Waals surface area (Å²) in [5.41, 5.74) is 10.3. The molecule has 3 heterocycles. The van der Waals surface area contributed by atoms with E-state index in [4.69, 9.17) is 12.8 Å². The first-order chi connectivity index (χ1) is 46.2. The molecule has 0 spiro atoms. The molecule has 13 rings (SSSR count). The van der Waals surface area contributed by atoms with Gasteiger partial charge in [0.15, 0.2) is 0 Å². The summed E-state index contributed by atoms with van der Waals surface area (Å²) in [5, 5.41) is 11.8. The average Bonchev–Trinajstić information content (AvgIpc) is 1.84. The van der Waals surface area contributed by atoms with Crippen LogP contribution in [0.4, 0.5) is 0 Å². The molecule has 97 heavy (non-hydrogen) atoms. The van der Waals surface area contributed by atoms with Crippen LogP contribution in [0.1, 0.15) is 72.2 Å². The molecular weight excluding hydrogens is 1480 g/mol. The molecular formula is C88H84P4Ru2S3. The van der Waals surface area contributed by atoms with Crippen LogP contribution >= 0.6 is 65.7 Å². The van der Waals surface area contributed by atoms with Crippen molar-refractivity contribution in [1.82, 2.24) is 0 Å². The van der Waals surface area contributed by atoms with Gasteiger partial charge in [0, 0.05) is 19.5 Å². The predicted molar refractivity (Wildman–Crippen MR) is 430 cm³/mol. The van der Waals surface area contributed by atoms with Crippen molar-refractivity contribution in [1.29, 1.82) is 0 Å². The Bertz CT molecular complexity index is 3700. The Labute approximate surface area is 624 Å². The summed E-state index contributed by atoms with van der Waals surface area (Å²) in [6.45, 7) is 22.0. The van der Waals surface area contributed by atoms with E-state index in [2.05, 4.69) is 336 Å². The second kappa shape index (κ2) is 40.2. The molecule has 0 saturated heterocycles. The predicted octanol–water partition coefficient (Wildman–Crippen LogP) is 21.6. The zero-order valence-electron chi connectivity index (χ0n) is 57.1. The standard InChI is InChI=1S/2C26H24P2.C16H6S3.2C10H15.2Ru/c2*1-5-13-23(14-6-1)27(24-15-7-2-8-16-24)21-22-28(25-17-9-3-10-18-25)26-19-11-4-12-20-26;1-3-11-5-7-13(17-11)15-9-10-16(19-15)14-8-6-12(4-2)18-14;2*1-6-7(2)9(4)10(5)8(6)3;;/h2*1-20H,21-22H2;5-10H;2*1-5H3;;/q;;-2;2*-1;2*+2. The molecule has 0 amide bonds. The maximum Gasteiger partial charge on any atom is 2.00 e. The molecule has 1 aliphatic rings. The van der Waals surface area contributed by atoms with Gasteiger partial charge < -0.3 is 12.8 Å². The summed E-state index contributed by atoms with van der Waals surface area (Å²) in [4.78, 5) is 6.44. The Kier molecular flexibility index (Phi) is 32.5. The molecule has 0 nitrogen and oxygen atoms in total. The summed E-state index contributed by atoms with van der Waals surface area (Å²) in [6, 6.07) is 101. The molecule has 0 atom stereocenters. The van der Waals surface area contributed by atoms with E-state index in [1.807, 2.05) is 24.3 Å². The van der Waals surface area contributed by atoms with Crippen LogP contribution in [0.3, 0.4) is 0 Å². The Morgan fingerprint density at radius 3 is 0.680 bits per heavy atom. The van der Waals surface area contributed by atoms with Gasteiger partial charge in [-0.05, 0) is 111 Å². The van der Waals surface area contributed by atoms with Crippen LogP contribution in [-0.4, -0.2) is 24.6 Å². The van der Waals surface area contributed by atoms with Gasteiger partial charge in [-0.3, -0.25) is 11.8 Å². The Hall–Kier alpha value is -6.09. The van der Waals surface area contributed by atoms with Gasteiger partial charge in [0.2, 0.25) is 0 Å². The topological polar surface area (TPSA) is 0 Å². The first-order valence-electron chi connectivity index (χ1n) is 32.3. The van der Waals surface area contributed by atoms with E-state index in [1.54, 1.807) is 34.0 Å². The molecule has 9 aromatic carbocycles. The normalized spacial score (nSPS) is 11.8. The van der Waals surface area contributed by atoms with Crippen LogP contribution < -0.4 is 42.4 Å². The number of rotatable bonds is 16. The van der Waals surface area contributed by atoms with Gasteiger partial charge in [-0.1, -0.05) is 332 Å². The second-order valence-electron chi connectivity index (χ2n) is 23.3. The fourth-order valence-electron chi connectivity index (χ4n) is 11.4. The summed E-state index contributed by atoms with van der Waals surface area (Å²) in [6.07, 6.45) is 19.1. The van der Waals surface area contributed by atoms with Crippen molar-refractivity contribution >= 4 is 108 Å². The summed E-state index contributed by atoms with van der Waals surface area (Å²) in [7, 11) is -1.39. The third-order valence-corrected chi connectivity index (χ3v) is 32.1. The number of thiophene rings is 3. The number of benzene rings is 8. The molecule has 0 unspecified atom stereocenters. The van der Waals surface area contributed by atoms with Crippen LogP contribution in [0, 0.1) is 77.1 Å². The third-order valence-electron chi connectivity index (χ3n) is 17.8. The van der Waals surface area contributed by atoms with Crippen molar-refractivity contribution < 1.29 is 39.0 Å². The third kappa shape index (κ3) is 21.7. The smallest absolute Gasteiger partial charge is 0.365 e. The molecule has 1 aliphatic carbocycles. The van der Waals surface area contributed by atoms with Crippen LogP contribution in [0.25, 0.3) is 19.5 Å². The van der Waals surface area contributed by atoms with Crippen LogP contribution in [-0.2, 0) is 39.0 Å². The molecule has 12 aromatic rings. The summed E-state index contributed by atoms with van der Waals surface area (Å²) in [5.74, 6) is 9.23. The van der Waals surface area contributed by atoms with Gasteiger partial charge in [-0.2, -0.15) is 27.8 Å². The van der Waals surface area contributed by atoms with E-state index in [1.165, 1.54) is 143 Å². The summed E-state index contributed by atoms with van der Waals surface area (Å²) >= 11 is 4.88. The maximum atomic E-state index is 7.12. The molecule has 0 saturated carbocycles. The molecule has 0 N–H and O–H groups in total. The molecule has 0 fully saturated rings. The monoisotopic (exact) mass is 1560 g/mol. The van der Waals surface area contributed by atoms with Crippen molar-refractivity contribution in [2.24, 2.45) is 0 Å². The van der Waals surface area contributed by atoms with E-state index in [-0.39, 0.29) is 70.6 Å². The summed E-state index contributed by atoms with van der Waals surface area (Å²) < 4.78 is 0. The van der Waals surface area contributed by atoms with E-state index >= 15 is 0 Å². The van der Waals surface area contributed by atoms with Crippen molar-refractivity contribution in [3.05, 3.63) is 358 Å². The van der Waals surface area contributed by atoms with E-state index in [0.29, 0.717) is 0 Å². The first kappa shape index (κ1) is 78.2. The Morgan fingerprint density at radius 2 is 0.526 bits per heavy atom. The van der Waals surface area contributed by atoms with E-state index in [0.717, 1.165) is 9.75 Å². The second-order valence-corrected chi connectivity index (χ2v) is 35.9. The van der Waals surface area contributed by atoms with Gasteiger partial charge >= 0.3 is 39.0 Å². The van der Waals surface area contributed by atoms with Gasteiger partial charge in [-0.25, -0.2) is 39.7 Å². The SMILES string of the molecule is C[C]1[C](C)[C-](C)C(C)=C1C.Cc1c(C)c(C)[c-](C)c1C.[C-]#Cc1ccc(-c2ccc(-c3ccc(C#[C-])s3)s2)s1.[Ru+2].[Ru+2].c1ccc(P(CCP(c2ccccc2)c2ccccc2)c2ccccc2)cc1.c1ccc(P(CCP(c2ccccc2)c2ccccc2)c2ccccc2)cc1. The van der Waals surface area contributed by atoms with Crippen LogP contribution in [0.5, 0.6) is 0 Å².